The van der Waals surface area contributed by atoms with E-state index in [0.717, 1.165) is 44.0 Å². The van der Waals surface area contributed by atoms with Gasteiger partial charge in [0.05, 0.1) is 12.8 Å². The molecular formula is C26H29BrN2O4S. The van der Waals surface area contributed by atoms with Crippen LogP contribution in [-0.2, 0) is 27.7 Å². The fourth-order valence-electron chi connectivity index (χ4n) is 3.77. The van der Waals surface area contributed by atoms with Crippen LogP contribution < -0.4 is 14.4 Å². The van der Waals surface area contributed by atoms with Crippen LogP contribution in [0.15, 0.2) is 70.0 Å². The van der Waals surface area contributed by atoms with Crippen molar-refractivity contribution in [1.82, 2.24) is 0 Å². The summed E-state index contributed by atoms with van der Waals surface area (Å²) in [7, 11) is -2.68. The lowest BCUT2D eigenvalue weighted by Gasteiger charge is -2.25. The topological polar surface area (TPSA) is 75.7 Å². The zero-order valence-corrected chi connectivity index (χ0v) is 22.2. The Morgan fingerprint density at radius 3 is 2.18 bits per heavy atom. The number of aryl methyl sites for hydroxylation is 3. The Balaban J connectivity index is 2.03. The summed E-state index contributed by atoms with van der Waals surface area (Å²) in [4.78, 5) is 13.3. The van der Waals surface area contributed by atoms with Gasteiger partial charge < -0.3 is 10.1 Å². The largest absolute Gasteiger partial charge is 0.495 e. The molecule has 0 radical (unpaired) electrons. The first kappa shape index (κ1) is 25.8. The van der Waals surface area contributed by atoms with Gasteiger partial charge in [0.1, 0.15) is 17.2 Å². The van der Waals surface area contributed by atoms with Crippen molar-refractivity contribution in [2.24, 2.45) is 0 Å². The number of carbonyl (C=O) groups is 1. The number of halogens is 1. The fraction of sp³-hybridized carbons (Fsp3) is 0.269. The number of benzene rings is 3. The number of nitrogens with one attached hydrogen (secondary N) is 1. The Labute approximate surface area is 210 Å². The molecule has 0 aliphatic heterocycles. The van der Waals surface area contributed by atoms with E-state index in [2.05, 4.69) is 21.2 Å². The van der Waals surface area contributed by atoms with Gasteiger partial charge in [0.15, 0.2) is 0 Å². The molecule has 1 N–H and O–H groups in total. The number of anilines is 2. The summed E-state index contributed by atoms with van der Waals surface area (Å²) < 4.78 is 35.0. The van der Waals surface area contributed by atoms with E-state index in [-0.39, 0.29) is 17.2 Å². The van der Waals surface area contributed by atoms with Gasteiger partial charge >= 0.3 is 0 Å². The first-order chi connectivity index (χ1) is 16.2. The zero-order valence-electron chi connectivity index (χ0n) is 19.8. The first-order valence-electron chi connectivity index (χ1n) is 11.0. The predicted octanol–water partition coefficient (Wildman–Crippen LogP) is 5.72. The van der Waals surface area contributed by atoms with Crippen LogP contribution in [0.4, 0.5) is 11.4 Å². The van der Waals surface area contributed by atoms with E-state index >= 15 is 0 Å². The highest BCUT2D eigenvalue weighted by molar-refractivity contribution is 9.10. The molecule has 0 aliphatic rings. The van der Waals surface area contributed by atoms with E-state index < -0.39 is 15.9 Å². The molecule has 3 rings (SSSR count). The highest BCUT2D eigenvalue weighted by atomic mass is 79.9. The number of methoxy groups -OCH3 is 1. The summed E-state index contributed by atoms with van der Waals surface area (Å²) in [6, 6.07) is 17.5. The molecule has 0 saturated heterocycles. The van der Waals surface area contributed by atoms with Gasteiger partial charge in [0.2, 0.25) is 5.91 Å². The quantitative estimate of drug-likeness (QED) is 0.373. The minimum absolute atomic E-state index is 0.0128. The van der Waals surface area contributed by atoms with Crippen molar-refractivity contribution in [2.75, 3.05) is 23.3 Å². The van der Waals surface area contributed by atoms with Crippen molar-refractivity contribution in [2.45, 2.75) is 38.5 Å². The van der Waals surface area contributed by atoms with Crippen molar-refractivity contribution >= 4 is 43.2 Å². The van der Waals surface area contributed by atoms with Crippen LogP contribution >= 0.6 is 15.9 Å². The smallest absolute Gasteiger partial charge is 0.268 e. The van der Waals surface area contributed by atoms with Gasteiger partial charge in [-0.25, -0.2) is 8.42 Å². The van der Waals surface area contributed by atoms with Gasteiger partial charge in [-0.2, -0.15) is 0 Å². The Morgan fingerprint density at radius 2 is 1.62 bits per heavy atom. The maximum atomic E-state index is 13.8. The first-order valence-corrected chi connectivity index (χ1v) is 13.3. The lowest BCUT2D eigenvalue weighted by Crippen LogP contribution is -2.38. The summed E-state index contributed by atoms with van der Waals surface area (Å²) in [6.45, 7) is 5.46. The normalized spacial score (nSPS) is 11.2. The summed E-state index contributed by atoms with van der Waals surface area (Å²) in [5, 5.41) is 2.97. The Bertz CT molecular complexity index is 1250. The molecule has 0 spiro atoms. The molecule has 0 saturated carbocycles. The van der Waals surface area contributed by atoms with Crippen LogP contribution in [0.25, 0.3) is 0 Å². The number of rotatable bonds is 9. The second-order valence-corrected chi connectivity index (χ2v) is 10.6. The molecule has 0 heterocycles. The number of nitrogens with zero attached hydrogens (tertiary/aromatic N) is 1. The Morgan fingerprint density at radius 1 is 1.00 bits per heavy atom. The summed E-state index contributed by atoms with van der Waals surface area (Å²) in [6.07, 6.45) is 1.45. The van der Waals surface area contributed by atoms with Crippen LogP contribution in [0.3, 0.4) is 0 Å². The highest BCUT2D eigenvalue weighted by Gasteiger charge is 2.30. The van der Waals surface area contributed by atoms with Crippen LogP contribution in [0.5, 0.6) is 5.75 Å². The average Bonchev–Trinajstić information content (AvgIpc) is 2.83. The summed E-state index contributed by atoms with van der Waals surface area (Å²) in [5.74, 6) is -0.202. The molecule has 6 nitrogen and oxygen atoms in total. The van der Waals surface area contributed by atoms with E-state index in [1.54, 1.807) is 48.5 Å². The van der Waals surface area contributed by atoms with Gasteiger partial charge in [-0.15, -0.1) is 0 Å². The van der Waals surface area contributed by atoms with Gasteiger partial charge in [0, 0.05) is 10.2 Å². The predicted molar refractivity (Wildman–Crippen MR) is 140 cm³/mol. The number of ether oxygens (including phenoxy) is 1. The maximum Gasteiger partial charge on any atom is 0.268 e. The van der Waals surface area contributed by atoms with E-state index in [1.165, 1.54) is 7.11 Å². The molecule has 8 heteroatoms. The van der Waals surface area contributed by atoms with Gasteiger partial charge in [-0.3, -0.25) is 9.10 Å². The van der Waals surface area contributed by atoms with Crippen molar-refractivity contribution in [3.8, 4) is 5.75 Å². The van der Waals surface area contributed by atoms with Gasteiger partial charge in [0.25, 0.3) is 10.0 Å². The lowest BCUT2D eigenvalue weighted by atomic mass is 10.0. The monoisotopic (exact) mass is 544 g/mol. The second-order valence-electron chi connectivity index (χ2n) is 7.86. The van der Waals surface area contributed by atoms with Crippen LogP contribution in [0, 0.1) is 6.92 Å². The van der Waals surface area contributed by atoms with Gasteiger partial charge in [-0.05, 0) is 72.9 Å². The molecule has 1 amide bonds. The molecular weight excluding hydrogens is 516 g/mol. The average molecular weight is 545 g/mol. The minimum atomic E-state index is -4.10. The molecule has 0 unspecified atom stereocenters. The summed E-state index contributed by atoms with van der Waals surface area (Å²) in [5.41, 5.74) is 3.86. The third-order valence-corrected chi connectivity index (χ3v) is 7.76. The second kappa shape index (κ2) is 11.1. The number of amides is 1. The van der Waals surface area contributed by atoms with Crippen molar-refractivity contribution < 1.29 is 17.9 Å². The number of hydrogen-bond donors (Lipinski definition) is 1. The van der Waals surface area contributed by atoms with E-state index in [9.17, 15) is 13.2 Å². The molecule has 180 valence electrons. The van der Waals surface area contributed by atoms with Crippen molar-refractivity contribution in [1.29, 1.82) is 0 Å². The molecule has 3 aromatic carbocycles. The molecule has 3 aromatic rings. The molecule has 0 bridgehead atoms. The molecule has 0 aliphatic carbocycles. The van der Waals surface area contributed by atoms with E-state index in [1.807, 2.05) is 32.9 Å². The standard InChI is InChI=1S/C26H29BrN2O4S/c1-5-19-15-21(27)16-20(6-2)26(19)28-25(30)17-29(22-10-8-7-9-11-22)34(31,32)24-14-18(3)12-13-23(24)33-4/h7-16H,5-6,17H2,1-4H3,(H,28,30). The van der Waals surface area contributed by atoms with E-state index in [0.29, 0.717) is 5.69 Å². The van der Waals surface area contributed by atoms with Crippen molar-refractivity contribution in [3.05, 3.63) is 81.8 Å². The van der Waals surface area contributed by atoms with E-state index in [4.69, 9.17) is 4.74 Å². The fourth-order valence-corrected chi connectivity index (χ4v) is 5.98. The van der Waals surface area contributed by atoms with Crippen LogP contribution in [-0.4, -0.2) is 28.0 Å². The van der Waals surface area contributed by atoms with Gasteiger partial charge in [-0.1, -0.05) is 54.0 Å². The number of hydrogen-bond acceptors (Lipinski definition) is 4. The molecule has 34 heavy (non-hydrogen) atoms. The molecule has 0 aromatic heterocycles. The molecule has 0 atom stereocenters. The number of sulfonamides is 1. The number of para-hydroxylation sites is 1. The Kier molecular flexibility index (Phi) is 8.38. The SMILES string of the molecule is CCc1cc(Br)cc(CC)c1NC(=O)CN(c1ccccc1)S(=O)(=O)c1cc(C)ccc1OC. The number of carbonyl (C=O) groups excluding carboxylic acids is 1. The highest BCUT2D eigenvalue weighted by Crippen LogP contribution is 2.32. The van der Waals surface area contributed by atoms with Crippen LogP contribution in [0.1, 0.15) is 30.5 Å². The Hall–Kier alpha value is -2.84. The molecule has 0 fully saturated rings. The minimum Gasteiger partial charge on any atom is -0.495 e. The van der Waals surface area contributed by atoms with Crippen LogP contribution in [0.2, 0.25) is 0 Å². The maximum absolute atomic E-state index is 13.8. The zero-order chi connectivity index (χ0) is 24.9. The third kappa shape index (κ3) is 5.62. The van der Waals surface area contributed by atoms with Crippen molar-refractivity contribution in [3.63, 3.8) is 0 Å². The summed E-state index contributed by atoms with van der Waals surface area (Å²) >= 11 is 3.53. The third-order valence-electron chi connectivity index (χ3n) is 5.51. The lowest BCUT2D eigenvalue weighted by molar-refractivity contribution is -0.114.